The Bertz CT molecular complexity index is 707. The van der Waals surface area contributed by atoms with Crippen molar-refractivity contribution in [2.45, 2.75) is 157 Å². The van der Waals surface area contributed by atoms with E-state index in [1.54, 1.807) is 5.57 Å². The number of hydrogen-bond acceptors (Lipinski definition) is 1. The number of ether oxygens (including phenoxy) is 1. The number of hydrogen-bond donors (Lipinski definition) is 0. The summed E-state index contributed by atoms with van der Waals surface area (Å²) in [6.45, 7) is 16.1. The highest BCUT2D eigenvalue weighted by Crippen LogP contribution is 2.67. The largest absolute Gasteiger partial charge is 0.378 e. The van der Waals surface area contributed by atoms with Crippen molar-refractivity contribution in [3.8, 4) is 0 Å². The molecule has 0 amide bonds. The van der Waals surface area contributed by atoms with Crippen molar-refractivity contribution in [2.75, 3.05) is 6.61 Å². The molecule has 0 radical (unpaired) electrons. The van der Waals surface area contributed by atoms with E-state index in [9.17, 15) is 0 Å². The van der Waals surface area contributed by atoms with Crippen molar-refractivity contribution in [1.82, 2.24) is 0 Å². The fraction of sp³-hybridized carbons (Fsp3) is 0.943. The van der Waals surface area contributed by atoms with Gasteiger partial charge in [-0.2, -0.15) is 0 Å². The first kappa shape index (κ1) is 28.7. The highest BCUT2D eigenvalue weighted by Gasteiger charge is 2.59. The average molecular weight is 499 g/mol. The SMILES string of the molecule is CCCCCCCCOC1CCC2(C)C(=CCC3C2CCC2(C)C(C(C)CCCC(C)C)CCC32)C1. The molecule has 0 bridgehead atoms. The van der Waals surface area contributed by atoms with Crippen molar-refractivity contribution in [2.24, 2.45) is 46.3 Å². The van der Waals surface area contributed by atoms with Gasteiger partial charge in [0.1, 0.15) is 0 Å². The lowest BCUT2D eigenvalue weighted by Gasteiger charge is -2.58. The molecule has 3 fully saturated rings. The molecule has 0 heterocycles. The number of allylic oxidation sites excluding steroid dienone is 1. The van der Waals surface area contributed by atoms with Gasteiger partial charge in [-0.15, -0.1) is 0 Å². The standard InChI is InChI=1S/C35H62O/c1-7-8-9-10-11-12-24-36-29-20-22-34(5)28(25-29)16-17-30-32-19-18-31(27(4)15-13-14-26(2)3)35(32,6)23-21-33(30)34/h16,26-27,29-33H,7-15,17-25H2,1-6H3. The fourth-order valence-electron chi connectivity index (χ4n) is 9.93. The summed E-state index contributed by atoms with van der Waals surface area (Å²) in [5.41, 5.74) is 2.87. The molecule has 4 rings (SSSR count). The normalized spacial score (nSPS) is 38.9. The Morgan fingerprint density at radius 3 is 2.42 bits per heavy atom. The van der Waals surface area contributed by atoms with Gasteiger partial charge in [0.05, 0.1) is 6.10 Å². The van der Waals surface area contributed by atoms with Gasteiger partial charge in [-0.3, -0.25) is 0 Å². The van der Waals surface area contributed by atoms with Gasteiger partial charge in [-0.1, -0.05) is 105 Å². The molecule has 4 aliphatic carbocycles. The van der Waals surface area contributed by atoms with Gasteiger partial charge in [-0.25, -0.2) is 0 Å². The second kappa shape index (κ2) is 12.7. The first-order valence-corrected chi connectivity index (χ1v) is 16.6. The minimum atomic E-state index is 0.464. The minimum absolute atomic E-state index is 0.464. The molecule has 0 aliphatic heterocycles. The van der Waals surface area contributed by atoms with Gasteiger partial charge in [0, 0.05) is 6.61 Å². The quantitative estimate of drug-likeness (QED) is 0.181. The fourth-order valence-corrected chi connectivity index (χ4v) is 9.93. The van der Waals surface area contributed by atoms with Crippen molar-refractivity contribution in [3.05, 3.63) is 11.6 Å². The van der Waals surface area contributed by atoms with E-state index in [-0.39, 0.29) is 0 Å². The summed E-state index contributed by atoms with van der Waals surface area (Å²) in [5, 5.41) is 0. The lowest BCUT2D eigenvalue weighted by Crippen LogP contribution is -2.51. The lowest BCUT2D eigenvalue weighted by molar-refractivity contribution is -0.0641. The molecule has 1 heteroatoms. The average Bonchev–Trinajstić information content (AvgIpc) is 3.20. The number of rotatable bonds is 13. The summed E-state index contributed by atoms with van der Waals surface area (Å²) < 4.78 is 6.45. The van der Waals surface area contributed by atoms with Gasteiger partial charge in [0.15, 0.2) is 0 Å². The molecule has 0 spiro atoms. The first-order chi connectivity index (χ1) is 17.3. The van der Waals surface area contributed by atoms with Crippen LogP contribution in [0.3, 0.4) is 0 Å². The first-order valence-electron chi connectivity index (χ1n) is 16.6. The molecule has 1 nitrogen and oxygen atoms in total. The molecule has 36 heavy (non-hydrogen) atoms. The zero-order chi connectivity index (χ0) is 25.8. The summed E-state index contributed by atoms with van der Waals surface area (Å²) in [4.78, 5) is 0. The Morgan fingerprint density at radius 2 is 1.64 bits per heavy atom. The van der Waals surface area contributed by atoms with Crippen LogP contribution in [-0.2, 0) is 4.74 Å². The molecular formula is C35H62O. The lowest BCUT2D eigenvalue weighted by atomic mass is 9.47. The van der Waals surface area contributed by atoms with Crippen LogP contribution in [0.2, 0.25) is 0 Å². The second-order valence-corrected chi connectivity index (χ2v) is 14.8. The molecule has 0 saturated heterocycles. The summed E-state index contributed by atoms with van der Waals surface area (Å²) in [6, 6.07) is 0. The molecule has 208 valence electrons. The van der Waals surface area contributed by atoms with E-state index in [2.05, 4.69) is 47.6 Å². The summed E-state index contributed by atoms with van der Waals surface area (Å²) in [7, 11) is 0. The van der Waals surface area contributed by atoms with E-state index in [1.807, 2.05) is 0 Å². The van der Waals surface area contributed by atoms with E-state index in [0.717, 1.165) is 42.1 Å². The third-order valence-corrected chi connectivity index (χ3v) is 12.1. The number of fused-ring (bicyclic) bond motifs is 5. The van der Waals surface area contributed by atoms with Gasteiger partial charge in [0.25, 0.3) is 0 Å². The maximum Gasteiger partial charge on any atom is 0.0612 e. The van der Waals surface area contributed by atoms with Crippen LogP contribution in [0.4, 0.5) is 0 Å². The van der Waals surface area contributed by atoms with Crippen LogP contribution in [0, 0.1) is 46.3 Å². The highest BCUT2D eigenvalue weighted by atomic mass is 16.5. The van der Waals surface area contributed by atoms with E-state index in [4.69, 9.17) is 4.74 Å². The van der Waals surface area contributed by atoms with Gasteiger partial charge in [-0.05, 0) is 104 Å². The Labute approximate surface area is 226 Å². The van der Waals surface area contributed by atoms with Crippen LogP contribution in [0.25, 0.3) is 0 Å². The molecule has 0 aromatic carbocycles. The molecule has 8 unspecified atom stereocenters. The third kappa shape index (κ3) is 6.13. The van der Waals surface area contributed by atoms with Crippen molar-refractivity contribution < 1.29 is 4.74 Å². The van der Waals surface area contributed by atoms with Crippen molar-refractivity contribution in [3.63, 3.8) is 0 Å². The molecule has 4 aliphatic rings. The minimum Gasteiger partial charge on any atom is -0.378 e. The molecule has 3 saturated carbocycles. The van der Waals surface area contributed by atoms with Crippen LogP contribution >= 0.6 is 0 Å². The van der Waals surface area contributed by atoms with Crippen molar-refractivity contribution in [1.29, 1.82) is 0 Å². The molecule has 0 aromatic rings. The van der Waals surface area contributed by atoms with Gasteiger partial charge >= 0.3 is 0 Å². The summed E-state index contributed by atoms with van der Waals surface area (Å²) >= 11 is 0. The van der Waals surface area contributed by atoms with E-state index < -0.39 is 0 Å². The maximum absolute atomic E-state index is 6.45. The van der Waals surface area contributed by atoms with Gasteiger partial charge in [0.2, 0.25) is 0 Å². The molecule has 0 aromatic heterocycles. The van der Waals surface area contributed by atoms with Crippen LogP contribution in [-0.4, -0.2) is 12.7 Å². The van der Waals surface area contributed by atoms with E-state index in [1.165, 1.54) is 109 Å². The summed E-state index contributed by atoms with van der Waals surface area (Å²) in [5.74, 6) is 5.61. The highest BCUT2D eigenvalue weighted by molar-refractivity contribution is 5.25. The van der Waals surface area contributed by atoms with Crippen LogP contribution in [0.5, 0.6) is 0 Å². The molecule has 8 atom stereocenters. The van der Waals surface area contributed by atoms with Crippen molar-refractivity contribution >= 4 is 0 Å². The molecule has 0 N–H and O–H groups in total. The van der Waals surface area contributed by atoms with Gasteiger partial charge < -0.3 is 4.74 Å². The zero-order valence-electron chi connectivity index (χ0n) is 25.3. The molecular weight excluding hydrogens is 436 g/mol. The van der Waals surface area contributed by atoms with Crippen LogP contribution in [0.15, 0.2) is 11.6 Å². The topological polar surface area (TPSA) is 9.23 Å². The summed E-state index contributed by atoms with van der Waals surface area (Å²) in [6.07, 6.45) is 27.0. The predicted octanol–water partition coefficient (Wildman–Crippen LogP) is 10.8. The smallest absolute Gasteiger partial charge is 0.0612 e. The third-order valence-electron chi connectivity index (χ3n) is 12.1. The monoisotopic (exact) mass is 498 g/mol. The number of unbranched alkanes of at least 4 members (excludes halogenated alkanes) is 5. The zero-order valence-corrected chi connectivity index (χ0v) is 25.3. The van der Waals surface area contributed by atoms with E-state index in [0.29, 0.717) is 16.9 Å². The Hall–Kier alpha value is -0.300. The Balaban J connectivity index is 1.31. The van der Waals surface area contributed by atoms with Crippen LogP contribution in [0.1, 0.15) is 151 Å². The maximum atomic E-state index is 6.45. The Morgan fingerprint density at radius 1 is 0.861 bits per heavy atom. The predicted molar refractivity (Wildman–Crippen MR) is 156 cm³/mol. The van der Waals surface area contributed by atoms with Crippen LogP contribution < -0.4 is 0 Å². The Kier molecular flexibility index (Phi) is 10.1. The van der Waals surface area contributed by atoms with E-state index >= 15 is 0 Å². The second-order valence-electron chi connectivity index (χ2n) is 14.8.